The second-order valence-corrected chi connectivity index (χ2v) is 5.62. The van der Waals surface area contributed by atoms with Crippen LogP contribution in [0.3, 0.4) is 0 Å². The van der Waals surface area contributed by atoms with Gasteiger partial charge in [0.05, 0.1) is 11.5 Å². The van der Waals surface area contributed by atoms with Crippen LogP contribution in [0.15, 0.2) is 29.2 Å². The smallest absolute Gasteiger partial charge is 0.238 e. The Morgan fingerprint density at radius 1 is 1.19 bits per heavy atom. The van der Waals surface area contributed by atoms with Gasteiger partial charge in [0, 0.05) is 5.33 Å². The molecule has 0 amide bonds. The molecule has 2 N–H and O–H groups in total. The molecule has 0 saturated heterocycles. The second kappa shape index (κ2) is 6.22. The average molecular weight is 308 g/mol. The number of rotatable bonds is 6. The van der Waals surface area contributed by atoms with E-state index in [0.717, 1.165) is 18.2 Å². The molecule has 0 bridgehead atoms. The summed E-state index contributed by atoms with van der Waals surface area (Å²) in [7, 11) is -3.61. The van der Waals surface area contributed by atoms with Crippen molar-refractivity contribution in [1.82, 2.24) is 0 Å². The van der Waals surface area contributed by atoms with Gasteiger partial charge in [0.15, 0.2) is 0 Å². The Morgan fingerprint density at radius 3 is 2.31 bits per heavy atom. The van der Waals surface area contributed by atoms with E-state index in [0.29, 0.717) is 12.4 Å². The number of hydrogen-bond acceptors (Lipinski definition) is 3. The Hall–Kier alpha value is -0.590. The number of sulfonamides is 1. The molecule has 0 atom stereocenters. The van der Waals surface area contributed by atoms with Gasteiger partial charge in [-0.25, -0.2) is 13.6 Å². The molecule has 1 aromatic rings. The van der Waals surface area contributed by atoms with Crippen LogP contribution in [0.25, 0.3) is 0 Å². The molecule has 1 rings (SSSR count). The third kappa shape index (κ3) is 4.51. The van der Waals surface area contributed by atoms with Gasteiger partial charge < -0.3 is 4.74 Å². The predicted molar refractivity (Wildman–Crippen MR) is 66.3 cm³/mol. The highest BCUT2D eigenvalue weighted by molar-refractivity contribution is 9.09. The largest absolute Gasteiger partial charge is 0.494 e. The highest BCUT2D eigenvalue weighted by Gasteiger charge is 2.06. The standard InChI is InChI=1S/C10H14BrNO3S/c11-7-1-2-8-15-9-3-5-10(6-4-9)16(12,13)14/h3-6H,1-2,7-8H2,(H2,12,13,14). The van der Waals surface area contributed by atoms with E-state index in [1.807, 2.05) is 0 Å². The molecule has 0 aliphatic heterocycles. The molecule has 0 heterocycles. The van der Waals surface area contributed by atoms with Gasteiger partial charge in [-0.15, -0.1) is 0 Å². The summed E-state index contributed by atoms with van der Waals surface area (Å²) in [5.74, 6) is 0.655. The minimum atomic E-state index is -3.61. The van der Waals surface area contributed by atoms with Crippen molar-refractivity contribution in [3.63, 3.8) is 0 Å². The zero-order valence-corrected chi connectivity index (χ0v) is 11.1. The third-order valence-corrected chi connectivity index (χ3v) is 3.44. The van der Waals surface area contributed by atoms with Crippen molar-refractivity contribution in [3.8, 4) is 5.75 Å². The van der Waals surface area contributed by atoms with Crippen molar-refractivity contribution in [2.75, 3.05) is 11.9 Å². The summed E-state index contributed by atoms with van der Waals surface area (Å²) in [6.45, 7) is 0.625. The summed E-state index contributed by atoms with van der Waals surface area (Å²) >= 11 is 3.33. The molecule has 1 aromatic carbocycles. The first-order valence-corrected chi connectivity index (χ1v) is 7.52. The first-order valence-electron chi connectivity index (χ1n) is 4.85. The molecular weight excluding hydrogens is 294 g/mol. The van der Waals surface area contributed by atoms with E-state index in [1.54, 1.807) is 12.1 Å². The van der Waals surface area contributed by atoms with E-state index in [2.05, 4.69) is 15.9 Å². The minimum Gasteiger partial charge on any atom is -0.494 e. The topological polar surface area (TPSA) is 69.4 Å². The fourth-order valence-corrected chi connectivity index (χ4v) is 2.02. The van der Waals surface area contributed by atoms with Gasteiger partial charge in [-0.3, -0.25) is 0 Å². The minimum absolute atomic E-state index is 0.0975. The van der Waals surface area contributed by atoms with Crippen LogP contribution in [0, 0.1) is 0 Å². The summed E-state index contributed by atoms with van der Waals surface area (Å²) in [6, 6.07) is 6.09. The van der Waals surface area contributed by atoms with Gasteiger partial charge in [-0.2, -0.15) is 0 Å². The van der Waals surface area contributed by atoms with E-state index in [4.69, 9.17) is 9.88 Å². The number of primary sulfonamides is 1. The molecule has 0 unspecified atom stereocenters. The van der Waals surface area contributed by atoms with E-state index >= 15 is 0 Å². The Labute approximate surface area is 104 Å². The number of unbranched alkanes of at least 4 members (excludes halogenated alkanes) is 1. The van der Waals surface area contributed by atoms with Gasteiger partial charge in [0.1, 0.15) is 5.75 Å². The molecule has 0 saturated carbocycles. The quantitative estimate of drug-likeness (QED) is 0.644. The normalized spacial score (nSPS) is 11.4. The molecule has 90 valence electrons. The van der Waals surface area contributed by atoms with Crippen molar-refractivity contribution < 1.29 is 13.2 Å². The molecular formula is C10H14BrNO3S. The van der Waals surface area contributed by atoms with Crippen molar-refractivity contribution in [2.24, 2.45) is 5.14 Å². The average Bonchev–Trinajstić information content (AvgIpc) is 2.24. The maximum absolute atomic E-state index is 11.0. The fourth-order valence-electron chi connectivity index (χ4n) is 1.11. The second-order valence-electron chi connectivity index (χ2n) is 3.26. The summed E-state index contributed by atoms with van der Waals surface area (Å²) in [5.41, 5.74) is 0. The van der Waals surface area contributed by atoms with Gasteiger partial charge >= 0.3 is 0 Å². The Bertz CT molecular complexity index is 416. The van der Waals surface area contributed by atoms with Crippen LogP contribution in [-0.2, 0) is 10.0 Å². The molecule has 6 heteroatoms. The number of nitrogens with two attached hydrogens (primary N) is 1. The molecule has 0 fully saturated rings. The molecule has 0 aliphatic carbocycles. The van der Waals surface area contributed by atoms with E-state index < -0.39 is 10.0 Å². The summed E-state index contributed by atoms with van der Waals surface area (Å²) in [4.78, 5) is 0.0975. The molecule has 0 radical (unpaired) electrons. The van der Waals surface area contributed by atoms with Crippen LogP contribution in [-0.4, -0.2) is 20.4 Å². The highest BCUT2D eigenvalue weighted by atomic mass is 79.9. The molecule has 0 aliphatic rings. The lowest BCUT2D eigenvalue weighted by Gasteiger charge is -2.05. The highest BCUT2D eigenvalue weighted by Crippen LogP contribution is 2.15. The zero-order valence-electron chi connectivity index (χ0n) is 8.73. The molecule has 0 aromatic heterocycles. The van der Waals surface area contributed by atoms with Crippen LogP contribution in [0.5, 0.6) is 5.75 Å². The molecule has 4 nitrogen and oxygen atoms in total. The van der Waals surface area contributed by atoms with Gasteiger partial charge in [0.2, 0.25) is 10.0 Å². The first kappa shape index (κ1) is 13.5. The summed E-state index contributed by atoms with van der Waals surface area (Å²) in [5, 5.41) is 5.93. The molecule has 0 spiro atoms. The summed E-state index contributed by atoms with van der Waals surface area (Å²) in [6.07, 6.45) is 2.01. The van der Waals surface area contributed by atoms with Crippen LogP contribution < -0.4 is 9.88 Å². The third-order valence-electron chi connectivity index (χ3n) is 1.95. The van der Waals surface area contributed by atoms with Gasteiger partial charge in [0.25, 0.3) is 0 Å². The van der Waals surface area contributed by atoms with Crippen LogP contribution in [0.2, 0.25) is 0 Å². The van der Waals surface area contributed by atoms with E-state index in [-0.39, 0.29) is 4.90 Å². The van der Waals surface area contributed by atoms with Gasteiger partial charge in [-0.05, 0) is 37.1 Å². The van der Waals surface area contributed by atoms with Crippen LogP contribution in [0.4, 0.5) is 0 Å². The number of ether oxygens (including phenoxy) is 1. The number of alkyl halides is 1. The maximum Gasteiger partial charge on any atom is 0.238 e. The van der Waals surface area contributed by atoms with E-state index in [9.17, 15) is 8.42 Å². The Morgan fingerprint density at radius 2 is 1.81 bits per heavy atom. The SMILES string of the molecule is NS(=O)(=O)c1ccc(OCCCCBr)cc1. The van der Waals surface area contributed by atoms with E-state index in [1.165, 1.54) is 12.1 Å². The number of hydrogen-bond donors (Lipinski definition) is 1. The lowest BCUT2D eigenvalue weighted by molar-refractivity contribution is 0.310. The van der Waals surface area contributed by atoms with Crippen molar-refractivity contribution in [2.45, 2.75) is 17.7 Å². The monoisotopic (exact) mass is 307 g/mol. The van der Waals surface area contributed by atoms with Crippen molar-refractivity contribution in [1.29, 1.82) is 0 Å². The van der Waals surface area contributed by atoms with Crippen molar-refractivity contribution in [3.05, 3.63) is 24.3 Å². The predicted octanol–water partition coefficient (Wildman–Crippen LogP) is 1.89. The lowest BCUT2D eigenvalue weighted by atomic mass is 10.3. The zero-order chi connectivity index (χ0) is 12.0. The summed E-state index contributed by atoms with van der Waals surface area (Å²) < 4.78 is 27.4. The Balaban J connectivity index is 2.52. The van der Waals surface area contributed by atoms with Gasteiger partial charge in [-0.1, -0.05) is 15.9 Å². The van der Waals surface area contributed by atoms with Crippen LogP contribution in [0.1, 0.15) is 12.8 Å². The number of halogens is 1. The first-order chi connectivity index (χ1) is 7.54. The Kier molecular flexibility index (Phi) is 5.24. The lowest BCUT2D eigenvalue weighted by Crippen LogP contribution is -2.11. The van der Waals surface area contributed by atoms with Crippen molar-refractivity contribution >= 4 is 26.0 Å². The maximum atomic E-state index is 11.0. The van der Waals surface area contributed by atoms with Crippen LogP contribution >= 0.6 is 15.9 Å². The fraction of sp³-hybridized carbons (Fsp3) is 0.400. The molecule has 16 heavy (non-hydrogen) atoms. The number of benzene rings is 1.